The van der Waals surface area contributed by atoms with E-state index in [1.807, 2.05) is 55.6 Å². The number of aryl methyl sites for hydroxylation is 1. The number of nitrogens with one attached hydrogen (secondary N) is 1. The Morgan fingerprint density at radius 3 is 2.79 bits per heavy atom. The van der Waals surface area contributed by atoms with Crippen molar-refractivity contribution < 1.29 is 9.53 Å². The Labute approximate surface area is 117 Å². The number of rotatable bonds is 5. The minimum absolute atomic E-state index is 0.0213. The van der Waals surface area contributed by atoms with E-state index in [0.29, 0.717) is 0 Å². The van der Waals surface area contributed by atoms with Crippen LogP contribution in [0.15, 0.2) is 41.8 Å². The van der Waals surface area contributed by atoms with Crippen LogP contribution in [0.3, 0.4) is 0 Å². The van der Waals surface area contributed by atoms with E-state index >= 15 is 0 Å². The number of benzene rings is 1. The number of para-hydroxylation sites is 1. The monoisotopic (exact) mass is 275 g/mol. The lowest BCUT2D eigenvalue weighted by Crippen LogP contribution is -2.30. The van der Waals surface area contributed by atoms with Gasteiger partial charge in [0.25, 0.3) is 5.91 Å². The van der Waals surface area contributed by atoms with Gasteiger partial charge in [-0.15, -0.1) is 11.3 Å². The second-order valence-corrected chi connectivity index (χ2v) is 5.34. The molecule has 3 nitrogen and oxygen atoms in total. The van der Waals surface area contributed by atoms with Crippen molar-refractivity contribution in [3.05, 3.63) is 52.2 Å². The highest BCUT2D eigenvalue weighted by Crippen LogP contribution is 2.18. The molecule has 0 saturated heterocycles. The van der Waals surface area contributed by atoms with Gasteiger partial charge in [-0.25, -0.2) is 0 Å². The third-order valence-corrected chi connectivity index (χ3v) is 3.85. The molecule has 19 heavy (non-hydrogen) atoms. The standard InChI is InChI=1S/C15H17NO2S/c1-11-6-3-4-7-13(11)18-10-15(17)16-12(2)14-8-5-9-19-14/h3-9,12H,10H2,1-2H3,(H,16,17)/t12-/m1/s1. The molecule has 0 saturated carbocycles. The molecule has 2 rings (SSSR count). The van der Waals surface area contributed by atoms with Gasteiger partial charge in [-0.05, 0) is 36.9 Å². The first-order chi connectivity index (χ1) is 9.16. The van der Waals surface area contributed by atoms with E-state index in [4.69, 9.17) is 4.74 Å². The number of ether oxygens (including phenoxy) is 1. The van der Waals surface area contributed by atoms with E-state index in [1.54, 1.807) is 11.3 Å². The second-order valence-electron chi connectivity index (χ2n) is 4.36. The van der Waals surface area contributed by atoms with Gasteiger partial charge in [0.2, 0.25) is 0 Å². The van der Waals surface area contributed by atoms with E-state index < -0.39 is 0 Å². The Balaban J connectivity index is 1.84. The molecule has 4 heteroatoms. The molecule has 0 unspecified atom stereocenters. The lowest BCUT2D eigenvalue weighted by Gasteiger charge is -2.13. The van der Waals surface area contributed by atoms with Gasteiger partial charge in [0.15, 0.2) is 6.61 Å². The zero-order valence-electron chi connectivity index (χ0n) is 11.1. The van der Waals surface area contributed by atoms with Crippen molar-refractivity contribution in [3.63, 3.8) is 0 Å². The van der Waals surface area contributed by atoms with Crippen molar-refractivity contribution in [1.29, 1.82) is 0 Å². The number of carbonyl (C=O) groups is 1. The van der Waals surface area contributed by atoms with Crippen molar-refractivity contribution in [3.8, 4) is 5.75 Å². The SMILES string of the molecule is Cc1ccccc1OCC(=O)N[C@H](C)c1cccs1. The Bertz CT molecular complexity index is 537. The minimum atomic E-state index is -0.107. The number of thiophene rings is 1. The summed E-state index contributed by atoms with van der Waals surface area (Å²) in [5.74, 6) is 0.644. The van der Waals surface area contributed by atoms with Crippen LogP contribution in [0.25, 0.3) is 0 Å². The van der Waals surface area contributed by atoms with Crippen molar-refractivity contribution in [2.75, 3.05) is 6.61 Å². The van der Waals surface area contributed by atoms with Gasteiger partial charge in [0, 0.05) is 4.88 Å². The van der Waals surface area contributed by atoms with Crippen LogP contribution in [-0.2, 0) is 4.79 Å². The predicted molar refractivity (Wildman–Crippen MR) is 77.6 cm³/mol. The van der Waals surface area contributed by atoms with Crippen LogP contribution >= 0.6 is 11.3 Å². The van der Waals surface area contributed by atoms with Gasteiger partial charge < -0.3 is 10.1 Å². The van der Waals surface area contributed by atoms with E-state index in [-0.39, 0.29) is 18.6 Å². The number of carbonyl (C=O) groups excluding carboxylic acids is 1. The Hall–Kier alpha value is -1.81. The molecule has 0 aliphatic heterocycles. The first kappa shape index (κ1) is 13.6. The molecule has 1 amide bonds. The molecule has 0 aliphatic rings. The molecule has 0 bridgehead atoms. The molecule has 0 radical (unpaired) electrons. The number of amides is 1. The molecular weight excluding hydrogens is 258 g/mol. The first-order valence-corrected chi connectivity index (χ1v) is 7.06. The van der Waals surface area contributed by atoms with Crippen LogP contribution in [-0.4, -0.2) is 12.5 Å². The normalized spacial score (nSPS) is 11.9. The summed E-state index contributed by atoms with van der Waals surface area (Å²) in [6.45, 7) is 3.97. The molecule has 100 valence electrons. The van der Waals surface area contributed by atoms with E-state index in [9.17, 15) is 4.79 Å². The zero-order valence-corrected chi connectivity index (χ0v) is 11.9. The van der Waals surface area contributed by atoms with Gasteiger partial charge in [0.1, 0.15) is 5.75 Å². The molecule has 2 aromatic rings. The van der Waals surface area contributed by atoms with Crippen LogP contribution in [0.1, 0.15) is 23.4 Å². The lowest BCUT2D eigenvalue weighted by atomic mass is 10.2. The quantitative estimate of drug-likeness (QED) is 0.909. The van der Waals surface area contributed by atoms with Crippen LogP contribution in [0, 0.1) is 6.92 Å². The van der Waals surface area contributed by atoms with Gasteiger partial charge >= 0.3 is 0 Å². The fourth-order valence-electron chi connectivity index (χ4n) is 1.75. The minimum Gasteiger partial charge on any atom is -0.484 e. The third-order valence-electron chi connectivity index (χ3n) is 2.80. The van der Waals surface area contributed by atoms with Crippen LogP contribution in [0.2, 0.25) is 0 Å². The molecule has 0 spiro atoms. The number of hydrogen-bond acceptors (Lipinski definition) is 3. The summed E-state index contributed by atoms with van der Waals surface area (Å²) in [6, 6.07) is 11.7. The highest BCUT2D eigenvalue weighted by Gasteiger charge is 2.11. The summed E-state index contributed by atoms with van der Waals surface area (Å²) >= 11 is 1.63. The fraction of sp³-hybridized carbons (Fsp3) is 0.267. The van der Waals surface area contributed by atoms with Crippen LogP contribution < -0.4 is 10.1 Å². The highest BCUT2D eigenvalue weighted by atomic mass is 32.1. The van der Waals surface area contributed by atoms with Gasteiger partial charge in [-0.1, -0.05) is 24.3 Å². The van der Waals surface area contributed by atoms with Gasteiger partial charge in [-0.2, -0.15) is 0 Å². The average Bonchev–Trinajstić information content (AvgIpc) is 2.91. The maximum absolute atomic E-state index is 11.8. The molecule has 0 aliphatic carbocycles. The first-order valence-electron chi connectivity index (χ1n) is 6.18. The molecule has 1 N–H and O–H groups in total. The van der Waals surface area contributed by atoms with Gasteiger partial charge in [0.05, 0.1) is 6.04 Å². The molecular formula is C15H17NO2S. The zero-order chi connectivity index (χ0) is 13.7. The Morgan fingerprint density at radius 1 is 1.32 bits per heavy atom. The fourth-order valence-corrected chi connectivity index (χ4v) is 2.49. The van der Waals surface area contributed by atoms with E-state index in [1.165, 1.54) is 0 Å². The summed E-state index contributed by atoms with van der Waals surface area (Å²) in [4.78, 5) is 12.9. The van der Waals surface area contributed by atoms with E-state index in [0.717, 1.165) is 16.2 Å². The third kappa shape index (κ3) is 3.83. The maximum Gasteiger partial charge on any atom is 0.258 e. The molecule has 1 atom stereocenters. The van der Waals surface area contributed by atoms with Crippen molar-refractivity contribution in [2.24, 2.45) is 0 Å². The number of hydrogen-bond donors (Lipinski definition) is 1. The lowest BCUT2D eigenvalue weighted by molar-refractivity contribution is -0.123. The maximum atomic E-state index is 11.8. The summed E-state index contributed by atoms with van der Waals surface area (Å²) in [5.41, 5.74) is 1.03. The Morgan fingerprint density at radius 2 is 2.11 bits per heavy atom. The van der Waals surface area contributed by atoms with Crippen molar-refractivity contribution >= 4 is 17.2 Å². The molecule has 1 aromatic heterocycles. The van der Waals surface area contributed by atoms with Crippen LogP contribution in [0.5, 0.6) is 5.75 Å². The molecule has 1 aromatic carbocycles. The summed E-state index contributed by atoms with van der Waals surface area (Å²) < 4.78 is 5.51. The highest BCUT2D eigenvalue weighted by molar-refractivity contribution is 7.10. The largest absolute Gasteiger partial charge is 0.484 e. The van der Waals surface area contributed by atoms with Crippen molar-refractivity contribution in [1.82, 2.24) is 5.32 Å². The summed E-state index contributed by atoms with van der Waals surface area (Å²) in [6.07, 6.45) is 0. The van der Waals surface area contributed by atoms with E-state index in [2.05, 4.69) is 5.32 Å². The summed E-state index contributed by atoms with van der Waals surface area (Å²) in [5, 5.41) is 4.92. The topological polar surface area (TPSA) is 38.3 Å². The van der Waals surface area contributed by atoms with Gasteiger partial charge in [-0.3, -0.25) is 4.79 Å². The summed E-state index contributed by atoms with van der Waals surface area (Å²) in [7, 11) is 0. The smallest absolute Gasteiger partial charge is 0.258 e. The molecule has 0 fully saturated rings. The second kappa shape index (κ2) is 6.38. The molecule has 1 heterocycles. The average molecular weight is 275 g/mol. The Kier molecular flexibility index (Phi) is 4.58. The van der Waals surface area contributed by atoms with Crippen molar-refractivity contribution in [2.45, 2.75) is 19.9 Å². The predicted octanol–water partition coefficient (Wildman–Crippen LogP) is 3.31. The van der Waals surface area contributed by atoms with Crippen LogP contribution in [0.4, 0.5) is 0 Å².